The lowest BCUT2D eigenvalue weighted by atomic mass is 10.2. The number of carbonyl (C=O) groups is 1. The number of methoxy groups -OCH3 is 1. The van der Waals surface area contributed by atoms with E-state index in [0.29, 0.717) is 17.0 Å². The summed E-state index contributed by atoms with van der Waals surface area (Å²) < 4.78 is 5.86. The van der Waals surface area contributed by atoms with Gasteiger partial charge in [0.05, 0.1) is 23.5 Å². The molecule has 1 heterocycles. The predicted molar refractivity (Wildman–Crippen MR) is 82.4 cm³/mol. The summed E-state index contributed by atoms with van der Waals surface area (Å²) in [7, 11) is 3.37. The average Bonchev–Trinajstić information content (AvgIpc) is 2.48. The average molecular weight is 336 g/mol. The summed E-state index contributed by atoms with van der Waals surface area (Å²) in [4.78, 5) is 16.2. The second-order valence-electron chi connectivity index (χ2n) is 3.99. The fourth-order valence-corrected chi connectivity index (χ4v) is 2.17. The molecule has 0 spiro atoms. The molecule has 0 saturated carbocycles. The van der Waals surface area contributed by atoms with E-state index >= 15 is 0 Å². The SMILES string of the molecule is CNc1ccc(NC(=O)c2ccc(OC)c(Br)c2)cn1. The van der Waals surface area contributed by atoms with Gasteiger partial charge in [-0.05, 0) is 46.3 Å². The molecule has 0 bridgehead atoms. The van der Waals surface area contributed by atoms with Crippen LogP contribution in [-0.4, -0.2) is 25.0 Å². The highest BCUT2D eigenvalue weighted by molar-refractivity contribution is 9.10. The lowest BCUT2D eigenvalue weighted by Crippen LogP contribution is -2.12. The molecule has 104 valence electrons. The van der Waals surface area contributed by atoms with Crippen LogP contribution < -0.4 is 15.4 Å². The summed E-state index contributed by atoms with van der Waals surface area (Å²) >= 11 is 3.35. The number of amides is 1. The first-order valence-corrected chi connectivity index (χ1v) is 6.72. The molecule has 1 aromatic heterocycles. The summed E-state index contributed by atoms with van der Waals surface area (Å²) in [6.07, 6.45) is 1.60. The fourth-order valence-electron chi connectivity index (χ4n) is 1.63. The molecule has 6 heteroatoms. The summed E-state index contributed by atoms with van der Waals surface area (Å²) in [6.45, 7) is 0. The van der Waals surface area contributed by atoms with Gasteiger partial charge in [0.1, 0.15) is 11.6 Å². The Morgan fingerprint density at radius 3 is 2.65 bits per heavy atom. The summed E-state index contributed by atoms with van der Waals surface area (Å²) in [6, 6.07) is 8.73. The van der Waals surface area contributed by atoms with Crippen LogP contribution in [0.3, 0.4) is 0 Å². The molecule has 0 fully saturated rings. The Hall–Kier alpha value is -2.08. The van der Waals surface area contributed by atoms with Gasteiger partial charge in [-0.3, -0.25) is 4.79 Å². The van der Waals surface area contributed by atoms with Gasteiger partial charge in [-0.2, -0.15) is 0 Å². The van der Waals surface area contributed by atoms with E-state index in [1.165, 1.54) is 0 Å². The van der Waals surface area contributed by atoms with Crippen molar-refractivity contribution in [2.75, 3.05) is 24.8 Å². The number of nitrogens with one attached hydrogen (secondary N) is 2. The van der Waals surface area contributed by atoms with Gasteiger partial charge in [-0.1, -0.05) is 0 Å². The summed E-state index contributed by atoms with van der Waals surface area (Å²) in [5.74, 6) is 1.23. The second kappa shape index (κ2) is 6.38. The van der Waals surface area contributed by atoms with Crippen molar-refractivity contribution in [2.45, 2.75) is 0 Å². The zero-order valence-electron chi connectivity index (χ0n) is 11.1. The van der Waals surface area contributed by atoms with E-state index < -0.39 is 0 Å². The number of carbonyl (C=O) groups excluding carboxylic acids is 1. The summed E-state index contributed by atoms with van der Waals surface area (Å²) in [5, 5.41) is 5.70. The quantitative estimate of drug-likeness (QED) is 0.900. The first kappa shape index (κ1) is 14.3. The lowest BCUT2D eigenvalue weighted by molar-refractivity contribution is 0.102. The van der Waals surface area contributed by atoms with Crippen molar-refractivity contribution in [1.82, 2.24) is 4.98 Å². The molecule has 0 unspecified atom stereocenters. The van der Waals surface area contributed by atoms with Crippen LogP contribution in [0.5, 0.6) is 5.75 Å². The molecule has 20 heavy (non-hydrogen) atoms. The smallest absolute Gasteiger partial charge is 0.255 e. The molecule has 0 aliphatic rings. The molecular formula is C14H14BrN3O2. The highest BCUT2D eigenvalue weighted by Crippen LogP contribution is 2.25. The lowest BCUT2D eigenvalue weighted by Gasteiger charge is -2.08. The van der Waals surface area contributed by atoms with Gasteiger partial charge in [0.25, 0.3) is 5.91 Å². The number of anilines is 2. The van der Waals surface area contributed by atoms with E-state index in [1.807, 2.05) is 0 Å². The first-order valence-electron chi connectivity index (χ1n) is 5.92. The van der Waals surface area contributed by atoms with Crippen LogP contribution in [0.2, 0.25) is 0 Å². The van der Waals surface area contributed by atoms with E-state index in [0.717, 1.165) is 10.3 Å². The van der Waals surface area contributed by atoms with Crippen LogP contribution in [0, 0.1) is 0 Å². The van der Waals surface area contributed by atoms with Crippen molar-refractivity contribution in [2.24, 2.45) is 0 Å². The third-order valence-electron chi connectivity index (χ3n) is 2.69. The van der Waals surface area contributed by atoms with Crippen molar-refractivity contribution in [3.63, 3.8) is 0 Å². The Morgan fingerprint density at radius 1 is 1.30 bits per heavy atom. The van der Waals surface area contributed by atoms with Crippen LogP contribution in [-0.2, 0) is 0 Å². The molecule has 2 aromatic rings. The molecular weight excluding hydrogens is 322 g/mol. The number of benzene rings is 1. The monoisotopic (exact) mass is 335 g/mol. The number of pyridine rings is 1. The fraction of sp³-hybridized carbons (Fsp3) is 0.143. The van der Waals surface area contributed by atoms with Crippen molar-refractivity contribution in [3.8, 4) is 5.75 Å². The minimum atomic E-state index is -0.202. The van der Waals surface area contributed by atoms with Crippen LogP contribution >= 0.6 is 15.9 Å². The highest BCUT2D eigenvalue weighted by Gasteiger charge is 2.09. The minimum absolute atomic E-state index is 0.202. The zero-order chi connectivity index (χ0) is 14.5. The van der Waals surface area contributed by atoms with E-state index in [4.69, 9.17) is 4.74 Å². The zero-order valence-corrected chi connectivity index (χ0v) is 12.7. The van der Waals surface area contributed by atoms with Crippen molar-refractivity contribution in [1.29, 1.82) is 0 Å². The maximum absolute atomic E-state index is 12.1. The molecule has 0 saturated heterocycles. The van der Waals surface area contributed by atoms with Crippen molar-refractivity contribution in [3.05, 3.63) is 46.6 Å². The Morgan fingerprint density at radius 2 is 2.10 bits per heavy atom. The molecule has 1 aromatic carbocycles. The van der Waals surface area contributed by atoms with Crippen molar-refractivity contribution >= 4 is 33.3 Å². The molecule has 0 atom stereocenters. The third-order valence-corrected chi connectivity index (χ3v) is 3.31. The van der Waals surface area contributed by atoms with Gasteiger partial charge < -0.3 is 15.4 Å². The molecule has 0 aliphatic carbocycles. The number of ether oxygens (including phenoxy) is 1. The maximum Gasteiger partial charge on any atom is 0.255 e. The van der Waals surface area contributed by atoms with Crippen LogP contribution in [0.1, 0.15) is 10.4 Å². The second-order valence-corrected chi connectivity index (χ2v) is 4.84. The summed E-state index contributed by atoms with van der Waals surface area (Å²) in [5.41, 5.74) is 1.18. The molecule has 1 amide bonds. The highest BCUT2D eigenvalue weighted by atomic mass is 79.9. The van der Waals surface area contributed by atoms with Gasteiger partial charge in [0.2, 0.25) is 0 Å². The number of aromatic nitrogens is 1. The molecule has 0 aliphatic heterocycles. The Bertz CT molecular complexity index is 614. The normalized spacial score (nSPS) is 9.95. The molecule has 5 nitrogen and oxygen atoms in total. The maximum atomic E-state index is 12.1. The molecule has 0 radical (unpaired) electrons. The van der Waals surface area contributed by atoms with Gasteiger partial charge in [-0.25, -0.2) is 4.98 Å². The number of hydrogen-bond donors (Lipinski definition) is 2. The van der Waals surface area contributed by atoms with E-state index in [2.05, 4.69) is 31.5 Å². The van der Waals surface area contributed by atoms with Crippen LogP contribution in [0.4, 0.5) is 11.5 Å². The van der Waals surface area contributed by atoms with Gasteiger partial charge in [-0.15, -0.1) is 0 Å². The van der Waals surface area contributed by atoms with Crippen LogP contribution in [0.25, 0.3) is 0 Å². The standard InChI is InChI=1S/C14H14BrN3O2/c1-16-13-6-4-10(8-17-13)18-14(19)9-3-5-12(20-2)11(15)7-9/h3-8H,1-2H3,(H,16,17)(H,18,19). The molecule has 2 N–H and O–H groups in total. The van der Waals surface area contributed by atoms with E-state index in [9.17, 15) is 4.79 Å². The Labute approximate surface area is 125 Å². The number of halogens is 1. The topological polar surface area (TPSA) is 63.2 Å². The van der Waals surface area contributed by atoms with Crippen molar-refractivity contribution < 1.29 is 9.53 Å². The largest absolute Gasteiger partial charge is 0.496 e. The predicted octanol–water partition coefficient (Wildman–Crippen LogP) is 3.15. The van der Waals surface area contributed by atoms with Crippen LogP contribution in [0.15, 0.2) is 41.0 Å². The first-order chi connectivity index (χ1) is 9.63. The Balaban J connectivity index is 2.12. The molecule has 2 rings (SSSR count). The third kappa shape index (κ3) is 3.27. The van der Waals surface area contributed by atoms with E-state index in [1.54, 1.807) is 50.7 Å². The van der Waals surface area contributed by atoms with Gasteiger partial charge >= 0.3 is 0 Å². The number of nitrogens with zero attached hydrogens (tertiary/aromatic N) is 1. The number of rotatable bonds is 4. The minimum Gasteiger partial charge on any atom is -0.496 e. The van der Waals surface area contributed by atoms with Gasteiger partial charge in [0, 0.05) is 12.6 Å². The van der Waals surface area contributed by atoms with E-state index in [-0.39, 0.29) is 5.91 Å². The van der Waals surface area contributed by atoms with Gasteiger partial charge in [0.15, 0.2) is 0 Å². The Kier molecular flexibility index (Phi) is 4.57. The number of hydrogen-bond acceptors (Lipinski definition) is 4.